The number of carbonyl (C=O) groups is 1. The molecule has 2 fully saturated rings. The predicted molar refractivity (Wildman–Crippen MR) is 59.2 cm³/mol. The van der Waals surface area contributed by atoms with Crippen molar-refractivity contribution in [1.82, 2.24) is 15.3 Å². The summed E-state index contributed by atoms with van der Waals surface area (Å²) in [5, 5.41) is 7.44. The number of amides is 1. The number of hydrogen-bond donors (Lipinski definition) is 1. The first-order valence-electron chi connectivity index (χ1n) is 5.79. The highest BCUT2D eigenvalue weighted by Gasteiger charge is 2.44. The van der Waals surface area contributed by atoms with Crippen molar-refractivity contribution in [1.29, 1.82) is 0 Å². The fourth-order valence-corrected chi connectivity index (χ4v) is 2.52. The van der Waals surface area contributed by atoms with E-state index in [9.17, 15) is 4.79 Å². The zero-order valence-electron chi connectivity index (χ0n) is 9.92. The molecule has 0 aromatic rings. The van der Waals surface area contributed by atoms with E-state index in [4.69, 9.17) is 0 Å². The minimum Gasteiger partial charge on any atom is -0.315 e. The van der Waals surface area contributed by atoms with Gasteiger partial charge in [-0.2, -0.15) is 0 Å². The SMILES string of the molecule is CN1N(C2CCCNC2)C(=O)CC1(C)C. The van der Waals surface area contributed by atoms with E-state index in [0.29, 0.717) is 12.5 Å². The Balaban J connectivity index is 2.11. The summed E-state index contributed by atoms with van der Waals surface area (Å²) in [6, 6.07) is 0.359. The molecule has 1 atom stereocenters. The molecule has 4 heteroatoms. The quantitative estimate of drug-likeness (QED) is 0.690. The van der Waals surface area contributed by atoms with Crippen LogP contribution in [0.25, 0.3) is 0 Å². The molecular weight excluding hydrogens is 190 g/mol. The van der Waals surface area contributed by atoms with Crippen LogP contribution in [0, 0.1) is 0 Å². The molecule has 1 N–H and O–H groups in total. The van der Waals surface area contributed by atoms with Crippen molar-refractivity contribution in [3.05, 3.63) is 0 Å². The topological polar surface area (TPSA) is 35.6 Å². The first kappa shape index (κ1) is 10.9. The van der Waals surface area contributed by atoms with Gasteiger partial charge < -0.3 is 5.32 Å². The molecule has 0 aliphatic carbocycles. The summed E-state index contributed by atoms with van der Waals surface area (Å²) in [7, 11) is 2.03. The standard InChI is InChI=1S/C11H21N3O/c1-11(2)7-10(15)14(13(11)3)9-5-4-6-12-8-9/h9,12H,4-8H2,1-3H3. The van der Waals surface area contributed by atoms with Crippen LogP contribution in [-0.2, 0) is 4.79 Å². The summed E-state index contributed by atoms with van der Waals surface area (Å²) in [6.45, 7) is 6.28. The first-order chi connectivity index (χ1) is 7.02. The van der Waals surface area contributed by atoms with Crippen molar-refractivity contribution in [3.63, 3.8) is 0 Å². The van der Waals surface area contributed by atoms with Crippen LogP contribution in [0.5, 0.6) is 0 Å². The fourth-order valence-electron chi connectivity index (χ4n) is 2.52. The van der Waals surface area contributed by atoms with E-state index in [1.54, 1.807) is 0 Å². The highest BCUT2D eigenvalue weighted by Crippen LogP contribution is 2.31. The number of nitrogens with zero attached hydrogens (tertiary/aromatic N) is 2. The summed E-state index contributed by atoms with van der Waals surface area (Å²) < 4.78 is 0. The molecular formula is C11H21N3O. The third-order valence-corrected chi connectivity index (χ3v) is 3.66. The lowest BCUT2D eigenvalue weighted by Gasteiger charge is -2.39. The summed E-state index contributed by atoms with van der Waals surface area (Å²) in [5.41, 5.74) is -0.0193. The lowest BCUT2D eigenvalue weighted by Crippen LogP contribution is -2.54. The minimum absolute atomic E-state index is 0.0193. The van der Waals surface area contributed by atoms with Crippen molar-refractivity contribution in [2.45, 2.75) is 44.7 Å². The number of hydrogen-bond acceptors (Lipinski definition) is 3. The van der Waals surface area contributed by atoms with Gasteiger partial charge in [0.2, 0.25) is 5.91 Å². The first-order valence-corrected chi connectivity index (χ1v) is 5.79. The lowest BCUT2D eigenvalue weighted by atomic mass is 10.0. The smallest absolute Gasteiger partial charge is 0.239 e. The molecule has 4 nitrogen and oxygen atoms in total. The van der Waals surface area contributed by atoms with Gasteiger partial charge in [-0.1, -0.05) is 0 Å². The Morgan fingerprint density at radius 1 is 1.47 bits per heavy atom. The number of hydrazine groups is 1. The maximum absolute atomic E-state index is 12.0. The van der Waals surface area contributed by atoms with E-state index >= 15 is 0 Å². The number of carbonyl (C=O) groups excluding carboxylic acids is 1. The van der Waals surface area contributed by atoms with Gasteiger partial charge in [0.15, 0.2) is 0 Å². The fraction of sp³-hybridized carbons (Fsp3) is 0.909. The van der Waals surface area contributed by atoms with Crippen LogP contribution in [0.3, 0.4) is 0 Å². The maximum atomic E-state index is 12.0. The van der Waals surface area contributed by atoms with Gasteiger partial charge in [0.05, 0.1) is 6.04 Å². The number of rotatable bonds is 1. The highest BCUT2D eigenvalue weighted by atomic mass is 16.2. The molecule has 0 aromatic heterocycles. The van der Waals surface area contributed by atoms with Gasteiger partial charge in [-0.05, 0) is 33.2 Å². The maximum Gasteiger partial charge on any atom is 0.239 e. The summed E-state index contributed by atoms with van der Waals surface area (Å²) >= 11 is 0. The molecule has 0 radical (unpaired) electrons. The Kier molecular flexibility index (Phi) is 2.73. The van der Waals surface area contributed by atoms with E-state index in [2.05, 4.69) is 24.2 Å². The average Bonchev–Trinajstić information content (AvgIpc) is 2.38. The molecule has 2 saturated heterocycles. The molecule has 2 rings (SSSR count). The molecule has 0 spiro atoms. The van der Waals surface area contributed by atoms with Gasteiger partial charge in [-0.15, -0.1) is 0 Å². The van der Waals surface area contributed by atoms with Crippen LogP contribution in [0.15, 0.2) is 0 Å². The average molecular weight is 211 g/mol. The molecule has 0 aromatic carbocycles. The summed E-state index contributed by atoms with van der Waals surface area (Å²) in [6.07, 6.45) is 2.93. The summed E-state index contributed by atoms with van der Waals surface area (Å²) in [5.74, 6) is 0.274. The van der Waals surface area contributed by atoms with Crippen molar-refractivity contribution in [2.24, 2.45) is 0 Å². The van der Waals surface area contributed by atoms with Crippen molar-refractivity contribution >= 4 is 5.91 Å². The Bertz CT molecular complexity index is 259. The normalized spacial score (nSPS) is 32.3. The zero-order chi connectivity index (χ0) is 11.1. The van der Waals surface area contributed by atoms with E-state index in [1.807, 2.05) is 12.1 Å². The molecule has 15 heavy (non-hydrogen) atoms. The van der Waals surface area contributed by atoms with Crippen LogP contribution in [0.1, 0.15) is 33.1 Å². The van der Waals surface area contributed by atoms with Crippen LogP contribution in [0.4, 0.5) is 0 Å². The van der Waals surface area contributed by atoms with Crippen LogP contribution < -0.4 is 5.32 Å². The molecule has 2 aliphatic rings. The van der Waals surface area contributed by atoms with E-state index in [0.717, 1.165) is 19.5 Å². The second-order valence-corrected chi connectivity index (χ2v) is 5.25. The molecule has 0 bridgehead atoms. The van der Waals surface area contributed by atoms with Gasteiger partial charge in [0.25, 0.3) is 0 Å². The van der Waals surface area contributed by atoms with E-state index in [1.165, 1.54) is 6.42 Å². The van der Waals surface area contributed by atoms with E-state index in [-0.39, 0.29) is 11.4 Å². The van der Waals surface area contributed by atoms with E-state index < -0.39 is 0 Å². The largest absolute Gasteiger partial charge is 0.315 e. The summed E-state index contributed by atoms with van der Waals surface area (Å²) in [4.78, 5) is 12.0. The number of nitrogens with one attached hydrogen (secondary N) is 1. The Morgan fingerprint density at radius 2 is 2.20 bits per heavy atom. The minimum atomic E-state index is -0.0193. The number of piperidine rings is 1. The third-order valence-electron chi connectivity index (χ3n) is 3.66. The molecule has 1 unspecified atom stereocenters. The lowest BCUT2D eigenvalue weighted by molar-refractivity contribution is -0.144. The third kappa shape index (κ3) is 1.88. The van der Waals surface area contributed by atoms with Crippen LogP contribution in [-0.4, -0.2) is 47.6 Å². The zero-order valence-corrected chi connectivity index (χ0v) is 9.92. The van der Waals surface area contributed by atoms with Gasteiger partial charge in [-0.3, -0.25) is 9.80 Å². The van der Waals surface area contributed by atoms with Gasteiger partial charge in [0, 0.05) is 25.6 Å². The van der Waals surface area contributed by atoms with Gasteiger partial charge in [0.1, 0.15) is 0 Å². The second-order valence-electron chi connectivity index (χ2n) is 5.25. The molecule has 0 saturated carbocycles. The Morgan fingerprint density at radius 3 is 2.67 bits per heavy atom. The molecule has 2 aliphatic heterocycles. The van der Waals surface area contributed by atoms with Crippen molar-refractivity contribution < 1.29 is 4.79 Å². The van der Waals surface area contributed by atoms with Gasteiger partial charge in [-0.25, -0.2) is 5.01 Å². The van der Waals surface area contributed by atoms with Crippen molar-refractivity contribution in [2.75, 3.05) is 20.1 Å². The Hall–Kier alpha value is -0.610. The van der Waals surface area contributed by atoms with Crippen molar-refractivity contribution in [3.8, 4) is 0 Å². The molecule has 1 amide bonds. The predicted octanol–water partition coefficient (Wildman–Crippen LogP) is 0.596. The second kappa shape index (κ2) is 3.76. The van der Waals surface area contributed by atoms with Gasteiger partial charge >= 0.3 is 0 Å². The highest BCUT2D eigenvalue weighted by molar-refractivity contribution is 5.79. The van der Waals surface area contributed by atoms with Crippen LogP contribution >= 0.6 is 0 Å². The molecule has 2 heterocycles. The Labute approximate surface area is 91.6 Å². The van der Waals surface area contributed by atoms with Crippen LogP contribution in [0.2, 0.25) is 0 Å². The monoisotopic (exact) mass is 211 g/mol. The molecule has 86 valence electrons.